The first-order valence-corrected chi connectivity index (χ1v) is 5.91. The summed E-state index contributed by atoms with van der Waals surface area (Å²) in [5.41, 5.74) is 8.19. The van der Waals surface area contributed by atoms with Gasteiger partial charge in [-0.25, -0.2) is 14.4 Å². The second-order valence-corrected chi connectivity index (χ2v) is 4.56. The molecule has 0 bridgehead atoms. The van der Waals surface area contributed by atoms with Crippen LogP contribution in [0.4, 0.5) is 4.39 Å². The Labute approximate surface area is 110 Å². The summed E-state index contributed by atoms with van der Waals surface area (Å²) in [6.45, 7) is 3.75. The zero-order valence-corrected chi connectivity index (χ0v) is 10.9. The minimum Gasteiger partial charge on any atom is -0.324 e. The Balaban J connectivity index is 2.45. The summed E-state index contributed by atoms with van der Waals surface area (Å²) in [6.07, 6.45) is 1.69. The van der Waals surface area contributed by atoms with Crippen molar-refractivity contribution in [2.45, 2.75) is 19.9 Å². The van der Waals surface area contributed by atoms with Gasteiger partial charge in [0.05, 0.1) is 5.02 Å². The molecule has 94 valence electrons. The van der Waals surface area contributed by atoms with Gasteiger partial charge in [0.25, 0.3) is 0 Å². The van der Waals surface area contributed by atoms with Gasteiger partial charge in [-0.1, -0.05) is 11.6 Å². The Morgan fingerprint density at radius 2 is 2.11 bits per heavy atom. The number of nitrogens with two attached hydrogens (primary N) is 1. The van der Waals surface area contributed by atoms with Crippen LogP contribution in [0.2, 0.25) is 5.02 Å². The van der Waals surface area contributed by atoms with Gasteiger partial charge in [-0.05, 0) is 32.0 Å². The molecule has 0 aliphatic rings. The molecule has 0 aliphatic carbocycles. The van der Waals surface area contributed by atoms with E-state index in [1.807, 2.05) is 13.8 Å². The standard InChI is InChI=1S/C13H13ClFN3/c1-7(16)10-6-17-13(18-8(10)2)9-3-4-12(15)11(14)5-9/h3-7H,16H2,1-2H3. The maximum absolute atomic E-state index is 13.1. The Hall–Kier alpha value is -1.52. The van der Waals surface area contributed by atoms with Crippen molar-refractivity contribution in [1.29, 1.82) is 0 Å². The summed E-state index contributed by atoms with van der Waals surface area (Å²) < 4.78 is 13.1. The van der Waals surface area contributed by atoms with Crippen LogP contribution in [-0.4, -0.2) is 9.97 Å². The number of halogens is 2. The normalized spacial score (nSPS) is 12.5. The maximum atomic E-state index is 13.1. The molecule has 1 aromatic heterocycles. The van der Waals surface area contributed by atoms with Gasteiger partial charge < -0.3 is 5.73 Å². The number of rotatable bonds is 2. The minimum absolute atomic E-state index is 0.0602. The Bertz CT molecular complexity index is 584. The fourth-order valence-corrected chi connectivity index (χ4v) is 1.88. The van der Waals surface area contributed by atoms with Crippen molar-refractivity contribution in [2.75, 3.05) is 0 Å². The van der Waals surface area contributed by atoms with Gasteiger partial charge in [0.15, 0.2) is 5.82 Å². The molecule has 0 radical (unpaired) electrons. The Kier molecular flexibility index (Phi) is 3.59. The molecule has 1 aromatic carbocycles. The Morgan fingerprint density at radius 3 is 2.67 bits per heavy atom. The van der Waals surface area contributed by atoms with Gasteiger partial charge in [0, 0.05) is 29.1 Å². The van der Waals surface area contributed by atoms with Gasteiger partial charge in [-0.15, -0.1) is 0 Å². The summed E-state index contributed by atoms with van der Waals surface area (Å²) in [6, 6.07) is 4.30. The third-order valence-electron chi connectivity index (χ3n) is 2.69. The number of hydrogen-bond donors (Lipinski definition) is 1. The molecule has 0 amide bonds. The summed E-state index contributed by atoms with van der Waals surface area (Å²) in [5, 5.41) is 0.0602. The van der Waals surface area contributed by atoms with E-state index in [-0.39, 0.29) is 11.1 Å². The van der Waals surface area contributed by atoms with Crippen LogP contribution < -0.4 is 5.73 Å². The van der Waals surface area contributed by atoms with Crippen LogP contribution in [0.25, 0.3) is 11.4 Å². The van der Waals surface area contributed by atoms with Crippen molar-refractivity contribution in [3.8, 4) is 11.4 Å². The van der Waals surface area contributed by atoms with Gasteiger partial charge in [-0.2, -0.15) is 0 Å². The largest absolute Gasteiger partial charge is 0.324 e. The quantitative estimate of drug-likeness (QED) is 0.907. The summed E-state index contributed by atoms with van der Waals surface area (Å²) in [7, 11) is 0. The summed E-state index contributed by atoms with van der Waals surface area (Å²) in [4.78, 5) is 8.59. The van der Waals surface area contributed by atoms with Gasteiger partial charge in [-0.3, -0.25) is 0 Å². The van der Waals surface area contributed by atoms with Crippen molar-refractivity contribution >= 4 is 11.6 Å². The van der Waals surface area contributed by atoms with E-state index >= 15 is 0 Å². The van der Waals surface area contributed by atoms with E-state index in [1.54, 1.807) is 12.3 Å². The number of nitrogens with zero attached hydrogens (tertiary/aromatic N) is 2. The molecule has 2 rings (SSSR count). The highest BCUT2D eigenvalue weighted by Crippen LogP contribution is 2.23. The van der Waals surface area contributed by atoms with Gasteiger partial charge in [0.1, 0.15) is 5.82 Å². The van der Waals surface area contributed by atoms with Crippen molar-refractivity contribution in [3.05, 3.63) is 46.5 Å². The monoisotopic (exact) mass is 265 g/mol. The lowest BCUT2D eigenvalue weighted by atomic mass is 10.1. The molecular formula is C13H13ClFN3. The highest BCUT2D eigenvalue weighted by molar-refractivity contribution is 6.31. The molecule has 1 heterocycles. The SMILES string of the molecule is Cc1nc(-c2ccc(F)c(Cl)c2)ncc1C(C)N. The molecule has 0 saturated carbocycles. The molecule has 0 fully saturated rings. The third-order valence-corrected chi connectivity index (χ3v) is 2.98. The topological polar surface area (TPSA) is 51.8 Å². The second kappa shape index (κ2) is 5.00. The molecule has 5 heteroatoms. The van der Waals surface area contributed by atoms with E-state index in [0.29, 0.717) is 11.4 Å². The average Bonchev–Trinajstić information content (AvgIpc) is 2.32. The van der Waals surface area contributed by atoms with Crippen LogP contribution in [-0.2, 0) is 0 Å². The fraction of sp³-hybridized carbons (Fsp3) is 0.231. The zero-order valence-electron chi connectivity index (χ0n) is 10.1. The van der Waals surface area contributed by atoms with Crippen LogP contribution in [0.15, 0.2) is 24.4 Å². The third kappa shape index (κ3) is 2.49. The zero-order chi connectivity index (χ0) is 13.3. The van der Waals surface area contributed by atoms with Crippen molar-refractivity contribution in [2.24, 2.45) is 5.73 Å². The van der Waals surface area contributed by atoms with Gasteiger partial charge >= 0.3 is 0 Å². The molecule has 1 unspecified atom stereocenters. The van der Waals surface area contributed by atoms with E-state index < -0.39 is 5.82 Å². The number of aryl methyl sites for hydroxylation is 1. The Morgan fingerprint density at radius 1 is 1.39 bits per heavy atom. The minimum atomic E-state index is -0.454. The van der Waals surface area contributed by atoms with E-state index in [4.69, 9.17) is 17.3 Å². The van der Waals surface area contributed by atoms with Crippen LogP contribution in [0.5, 0.6) is 0 Å². The molecule has 0 spiro atoms. The van der Waals surface area contributed by atoms with Crippen LogP contribution in [0.3, 0.4) is 0 Å². The molecule has 3 nitrogen and oxygen atoms in total. The first-order valence-electron chi connectivity index (χ1n) is 5.53. The molecule has 2 aromatic rings. The summed E-state index contributed by atoms with van der Waals surface area (Å²) >= 11 is 5.73. The lowest BCUT2D eigenvalue weighted by molar-refractivity contribution is 0.628. The predicted molar refractivity (Wildman–Crippen MR) is 69.8 cm³/mol. The first kappa shape index (κ1) is 12.9. The average molecular weight is 266 g/mol. The van der Waals surface area contributed by atoms with E-state index in [9.17, 15) is 4.39 Å². The van der Waals surface area contributed by atoms with E-state index in [1.165, 1.54) is 12.1 Å². The molecular weight excluding hydrogens is 253 g/mol. The van der Waals surface area contributed by atoms with Crippen LogP contribution in [0.1, 0.15) is 24.2 Å². The fourth-order valence-electron chi connectivity index (χ4n) is 1.70. The summed E-state index contributed by atoms with van der Waals surface area (Å²) in [5.74, 6) is 0.0585. The smallest absolute Gasteiger partial charge is 0.159 e. The molecule has 0 saturated heterocycles. The lowest BCUT2D eigenvalue weighted by Crippen LogP contribution is -2.09. The van der Waals surface area contributed by atoms with E-state index in [2.05, 4.69) is 9.97 Å². The molecule has 0 aliphatic heterocycles. The second-order valence-electron chi connectivity index (χ2n) is 4.15. The molecule has 1 atom stereocenters. The molecule has 18 heavy (non-hydrogen) atoms. The van der Waals surface area contributed by atoms with Crippen LogP contribution in [0, 0.1) is 12.7 Å². The number of hydrogen-bond acceptors (Lipinski definition) is 3. The van der Waals surface area contributed by atoms with Gasteiger partial charge in [0.2, 0.25) is 0 Å². The highest BCUT2D eigenvalue weighted by Gasteiger charge is 2.10. The van der Waals surface area contributed by atoms with Crippen molar-refractivity contribution in [1.82, 2.24) is 9.97 Å². The lowest BCUT2D eigenvalue weighted by Gasteiger charge is -2.10. The van der Waals surface area contributed by atoms with E-state index in [0.717, 1.165) is 11.3 Å². The highest BCUT2D eigenvalue weighted by atomic mass is 35.5. The molecule has 2 N–H and O–H groups in total. The van der Waals surface area contributed by atoms with Crippen molar-refractivity contribution in [3.63, 3.8) is 0 Å². The number of benzene rings is 1. The first-order chi connectivity index (χ1) is 8.49. The van der Waals surface area contributed by atoms with Crippen molar-refractivity contribution < 1.29 is 4.39 Å². The number of aromatic nitrogens is 2. The van der Waals surface area contributed by atoms with Crippen LogP contribution >= 0.6 is 11.6 Å². The predicted octanol–water partition coefficient (Wildman–Crippen LogP) is 3.26. The maximum Gasteiger partial charge on any atom is 0.159 e.